The first kappa shape index (κ1) is 16.8. The predicted molar refractivity (Wildman–Crippen MR) is 84.2 cm³/mol. The lowest BCUT2D eigenvalue weighted by Crippen LogP contribution is -2.52. The van der Waals surface area contributed by atoms with Crippen LogP contribution >= 0.6 is 0 Å². The number of carbonyl (C=O) groups is 1. The Kier molecular flexibility index (Phi) is 5.08. The summed E-state index contributed by atoms with van der Waals surface area (Å²) in [5.74, 6) is 0.657. The number of amides is 1. The molecule has 0 bridgehead atoms. The highest BCUT2D eigenvalue weighted by Crippen LogP contribution is 2.32. The monoisotopic (exact) mass is 326 g/mol. The summed E-state index contributed by atoms with van der Waals surface area (Å²) < 4.78 is 31.1. The molecule has 1 amide bonds. The van der Waals surface area contributed by atoms with Crippen LogP contribution in [0.3, 0.4) is 0 Å². The Morgan fingerprint density at radius 2 is 2.00 bits per heavy atom. The van der Waals surface area contributed by atoms with Gasteiger partial charge in [0.1, 0.15) is 5.75 Å². The second-order valence-electron chi connectivity index (χ2n) is 5.23. The zero-order chi connectivity index (χ0) is 16.3. The van der Waals surface area contributed by atoms with E-state index < -0.39 is 10.0 Å². The van der Waals surface area contributed by atoms with E-state index in [0.29, 0.717) is 18.8 Å². The largest absolute Gasteiger partial charge is 0.496 e. The van der Waals surface area contributed by atoms with Crippen LogP contribution in [0.5, 0.6) is 5.75 Å². The number of nitrogens with zero attached hydrogens (tertiary/aromatic N) is 2. The van der Waals surface area contributed by atoms with Crippen LogP contribution in [0.25, 0.3) is 0 Å². The van der Waals surface area contributed by atoms with E-state index in [1.54, 1.807) is 18.9 Å². The van der Waals surface area contributed by atoms with Gasteiger partial charge in [-0.15, -0.1) is 0 Å². The van der Waals surface area contributed by atoms with Crippen LogP contribution in [-0.4, -0.2) is 56.0 Å². The van der Waals surface area contributed by atoms with Gasteiger partial charge in [-0.05, 0) is 13.0 Å². The molecule has 1 saturated heterocycles. The molecule has 6 nitrogen and oxygen atoms in total. The highest BCUT2D eigenvalue weighted by molar-refractivity contribution is 7.89. The van der Waals surface area contributed by atoms with Gasteiger partial charge < -0.3 is 9.64 Å². The van der Waals surface area contributed by atoms with Crippen molar-refractivity contribution in [1.29, 1.82) is 0 Å². The van der Waals surface area contributed by atoms with Crippen LogP contribution in [0.4, 0.5) is 0 Å². The van der Waals surface area contributed by atoms with Crippen molar-refractivity contribution in [3.05, 3.63) is 29.8 Å². The van der Waals surface area contributed by atoms with Gasteiger partial charge in [-0.3, -0.25) is 4.79 Å². The van der Waals surface area contributed by atoms with E-state index in [2.05, 4.69) is 0 Å². The van der Waals surface area contributed by atoms with E-state index >= 15 is 0 Å². The van der Waals surface area contributed by atoms with Gasteiger partial charge in [0.25, 0.3) is 0 Å². The van der Waals surface area contributed by atoms with Gasteiger partial charge in [-0.25, -0.2) is 8.42 Å². The van der Waals surface area contributed by atoms with Crippen molar-refractivity contribution in [3.8, 4) is 5.75 Å². The van der Waals surface area contributed by atoms with Crippen LogP contribution < -0.4 is 4.74 Å². The number of hydrogen-bond acceptors (Lipinski definition) is 4. The molecule has 1 aromatic carbocycles. The van der Waals surface area contributed by atoms with Gasteiger partial charge in [0.05, 0.1) is 18.9 Å². The molecule has 0 radical (unpaired) electrons. The zero-order valence-electron chi connectivity index (χ0n) is 13.2. The summed E-state index contributed by atoms with van der Waals surface area (Å²) in [6.45, 7) is 4.12. The number of piperazine rings is 1. The van der Waals surface area contributed by atoms with Gasteiger partial charge in [0, 0.05) is 32.1 Å². The van der Waals surface area contributed by atoms with Crippen LogP contribution in [0.15, 0.2) is 24.3 Å². The molecule has 0 spiro atoms. The minimum absolute atomic E-state index is 0.0612. The second-order valence-corrected chi connectivity index (χ2v) is 7.49. The van der Waals surface area contributed by atoms with E-state index in [-0.39, 0.29) is 24.2 Å². The SMILES string of the molecule is CCS(=O)(=O)N1CCN(C(C)=O)[C@@H](c2ccccc2OC)C1. The molecule has 1 aromatic rings. The number of methoxy groups -OCH3 is 1. The van der Waals surface area contributed by atoms with Gasteiger partial charge in [0.15, 0.2) is 0 Å². The van der Waals surface area contributed by atoms with Crippen molar-refractivity contribution in [2.45, 2.75) is 19.9 Å². The Balaban J connectivity index is 2.40. The number of benzene rings is 1. The third-order valence-electron chi connectivity index (χ3n) is 4.00. The van der Waals surface area contributed by atoms with Crippen LogP contribution in [-0.2, 0) is 14.8 Å². The molecule has 0 saturated carbocycles. The molecule has 122 valence electrons. The molecular formula is C15H22N2O4S. The Morgan fingerprint density at radius 1 is 1.32 bits per heavy atom. The van der Waals surface area contributed by atoms with E-state index in [9.17, 15) is 13.2 Å². The third kappa shape index (κ3) is 3.25. The predicted octanol–water partition coefficient (Wildman–Crippen LogP) is 1.25. The zero-order valence-corrected chi connectivity index (χ0v) is 14.0. The first-order valence-corrected chi connectivity index (χ1v) is 8.89. The highest BCUT2D eigenvalue weighted by atomic mass is 32.2. The van der Waals surface area contributed by atoms with Gasteiger partial charge >= 0.3 is 0 Å². The minimum atomic E-state index is -3.28. The fraction of sp³-hybridized carbons (Fsp3) is 0.533. The fourth-order valence-corrected chi connectivity index (χ4v) is 3.87. The average Bonchev–Trinajstić information content (AvgIpc) is 2.54. The number of sulfonamides is 1. The first-order chi connectivity index (χ1) is 10.4. The highest BCUT2D eigenvalue weighted by Gasteiger charge is 2.35. The molecule has 7 heteroatoms. The summed E-state index contributed by atoms with van der Waals surface area (Å²) in [5.41, 5.74) is 0.830. The second kappa shape index (κ2) is 6.66. The Morgan fingerprint density at radius 3 is 2.59 bits per heavy atom. The lowest BCUT2D eigenvalue weighted by atomic mass is 10.0. The molecule has 0 aromatic heterocycles. The Hall–Kier alpha value is -1.60. The smallest absolute Gasteiger partial charge is 0.220 e. The molecule has 1 heterocycles. The van der Waals surface area contributed by atoms with Gasteiger partial charge in [0.2, 0.25) is 15.9 Å². The maximum absolute atomic E-state index is 12.2. The molecule has 1 atom stereocenters. The minimum Gasteiger partial charge on any atom is -0.496 e. The van der Waals surface area contributed by atoms with Gasteiger partial charge in [-0.1, -0.05) is 18.2 Å². The first-order valence-electron chi connectivity index (χ1n) is 7.28. The molecule has 1 aliphatic heterocycles. The molecular weight excluding hydrogens is 304 g/mol. The molecule has 0 unspecified atom stereocenters. The van der Waals surface area contributed by atoms with E-state index in [4.69, 9.17) is 4.74 Å². The Bertz CT molecular complexity index is 645. The topological polar surface area (TPSA) is 66.9 Å². The molecule has 22 heavy (non-hydrogen) atoms. The van der Waals surface area contributed by atoms with Crippen LogP contribution in [0, 0.1) is 0 Å². The van der Waals surface area contributed by atoms with Crippen molar-refractivity contribution in [2.75, 3.05) is 32.5 Å². The molecule has 1 aliphatic rings. The van der Waals surface area contributed by atoms with Crippen molar-refractivity contribution in [3.63, 3.8) is 0 Å². The summed E-state index contributed by atoms with van der Waals surface area (Å²) in [7, 11) is -1.71. The van der Waals surface area contributed by atoms with Crippen LogP contribution in [0.1, 0.15) is 25.5 Å². The van der Waals surface area contributed by atoms with E-state index in [1.807, 2.05) is 24.3 Å². The number of hydrogen-bond donors (Lipinski definition) is 0. The summed E-state index contributed by atoms with van der Waals surface area (Å²) in [5, 5.41) is 0. The molecule has 2 rings (SSSR count). The van der Waals surface area contributed by atoms with Gasteiger partial charge in [-0.2, -0.15) is 4.31 Å². The molecule has 1 fully saturated rings. The number of rotatable bonds is 4. The lowest BCUT2D eigenvalue weighted by molar-refractivity contribution is -0.133. The summed E-state index contributed by atoms with van der Waals surface area (Å²) in [6.07, 6.45) is 0. The maximum Gasteiger partial charge on any atom is 0.220 e. The fourth-order valence-electron chi connectivity index (χ4n) is 2.78. The summed E-state index contributed by atoms with van der Waals surface area (Å²) >= 11 is 0. The number of ether oxygens (including phenoxy) is 1. The molecule has 0 aliphatic carbocycles. The van der Waals surface area contributed by atoms with Crippen molar-refractivity contribution < 1.29 is 17.9 Å². The normalized spacial score (nSPS) is 20.0. The third-order valence-corrected chi connectivity index (χ3v) is 5.85. The average molecular weight is 326 g/mol. The summed E-state index contributed by atoms with van der Waals surface area (Å²) in [6, 6.07) is 7.08. The van der Waals surface area contributed by atoms with Crippen molar-refractivity contribution in [1.82, 2.24) is 9.21 Å². The lowest BCUT2D eigenvalue weighted by Gasteiger charge is -2.40. The number of carbonyl (C=O) groups excluding carboxylic acids is 1. The quantitative estimate of drug-likeness (QED) is 0.835. The maximum atomic E-state index is 12.2. The van der Waals surface area contributed by atoms with Crippen LogP contribution in [0.2, 0.25) is 0 Å². The Labute approximate surface area is 131 Å². The van der Waals surface area contributed by atoms with Crippen molar-refractivity contribution in [2.24, 2.45) is 0 Å². The van der Waals surface area contributed by atoms with E-state index in [1.165, 1.54) is 11.2 Å². The number of para-hydroxylation sites is 1. The summed E-state index contributed by atoms with van der Waals surface area (Å²) in [4.78, 5) is 13.6. The van der Waals surface area contributed by atoms with E-state index in [0.717, 1.165) is 5.56 Å². The molecule has 0 N–H and O–H groups in total. The van der Waals surface area contributed by atoms with Crippen molar-refractivity contribution >= 4 is 15.9 Å². The standard InChI is InChI=1S/C15H22N2O4S/c1-4-22(19,20)16-9-10-17(12(2)18)14(11-16)13-7-5-6-8-15(13)21-3/h5-8,14H,4,9-11H2,1-3H3/t14-/m1/s1.